The SMILES string of the molecule is CC(C)C1CN(C(=O)c2cnn3ccc(N)cc23)CCO1. The average molecular weight is 288 g/mol. The van der Waals surface area contributed by atoms with E-state index in [0.29, 0.717) is 36.9 Å². The molecule has 1 unspecified atom stereocenters. The van der Waals surface area contributed by atoms with Gasteiger partial charge >= 0.3 is 0 Å². The number of hydrogen-bond donors (Lipinski definition) is 1. The third-order valence-electron chi connectivity index (χ3n) is 3.90. The lowest BCUT2D eigenvalue weighted by Crippen LogP contribution is -2.47. The van der Waals surface area contributed by atoms with E-state index in [-0.39, 0.29) is 12.0 Å². The molecule has 2 N–H and O–H groups in total. The predicted molar refractivity (Wildman–Crippen MR) is 80.1 cm³/mol. The number of nitrogen functional groups attached to an aromatic ring is 1. The Balaban J connectivity index is 1.88. The van der Waals surface area contributed by atoms with E-state index in [1.54, 1.807) is 29.0 Å². The number of amides is 1. The maximum Gasteiger partial charge on any atom is 0.257 e. The smallest absolute Gasteiger partial charge is 0.257 e. The van der Waals surface area contributed by atoms with Gasteiger partial charge in [-0.25, -0.2) is 4.52 Å². The van der Waals surface area contributed by atoms with Crippen molar-refractivity contribution in [3.05, 3.63) is 30.1 Å². The summed E-state index contributed by atoms with van der Waals surface area (Å²) in [5.74, 6) is 0.379. The number of pyridine rings is 1. The molecule has 112 valence electrons. The van der Waals surface area contributed by atoms with Crippen LogP contribution in [0.4, 0.5) is 5.69 Å². The number of aromatic nitrogens is 2. The van der Waals surface area contributed by atoms with Crippen LogP contribution in [-0.2, 0) is 4.74 Å². The fourth-order valence-electron chi connectivity index (χ4n) is 2.60. The summed E-state index contributed by atoms with van der Waals surface area (Å²) < 4.78 is 7.38. The highest BCUT2D eigenvalue weighted by Crippen LogP contribution is 2.19. The molecule has 1 atom stereocenters. The number of carbonyl (C=O) groups excluding carboxylic acids is 1. The Hall–Kier alpha value is -2.08. The van der Waals surface area contributed by atoms with E-state index >= 15 is 0 Å². The molecule has 1 aliphatic rings. The number of anilines is 1. The molecule has 1 aliphatic heterocycles. The van der Waals surface area contributed by atoms with Gasteiger partial charge in [-0.15, -0.1) is 0 Å². The Labute approximate surface area is 123 Å². The van der Waals surface area contributed by atoms with E-state index < -0.39 is 0 Å². The molecule has 3 rings (SSSR count). The molecule has 6 nitrogen and oxygen atoms in total. The first-order valence-corrected chi connectivity index (χ1v) is 7.20. The minimum absolute atomic E-state index is 0.00968. The van der Waals surface area contributed by atoms with Crippen LogP contribution in [-0.4, -0.2) is 46.2 Å². The fraction of sp³-hybridized carbons (Fsp3) is 0.467. The van der Waals surface area contributed by atoms with Crippen molar-refractivity contribution in [2.45, 2.75) is 20.0 Å². The number of ether oxygens (including phenoxy) is 1. The molecule has 0 aromatic carbocycles. The number of nitrogens with two attached hydrogens (primary N) is 1. The van der Waals surface area contributed by atoms with Crippen molar-refractivity contribution >= 4 is 17.1 Å². The van der Waals surface area contributed by atoms with Gasteiger partial charge < -0.3 is 15.4 Å². The second-order valence-corrected chi connectivity index (χ2v) is 5.75. The molecule has 0 bridgehead atoms. The first kappa shape index (κ1) is 13.9. The Bertz CT molecular complexity index is 665. The van der Waals surface area contributed by atoms with E-state index in [0.717, 1.165) is 5.52 Å². The van der Waals surface area contributed by atoms with Gasteiger partial charge in [0.05, 0.1) is 30.0 Å². The van der Waals surface area contributed by atoms with Crippen LogP contribution in [0.25, 0.3) is 5.52 Å². The molecule has 1 fully saturated rings. The van der Waals surface area contributed by atoms with Gasteiger partial charge in [-0.2, -0.15) is 5.10 Å². The van der Waals surface area contributed by atoms with Gasteiger partial charge in [-0.3, -0.25) is 4.79 Å². The number of morpholine rings is 1. The van der Waals surface area contributed by atoms with Crippen molar-refractivity contribution in [2.75, 3.05) is 25.4 Å². The lowest BCUT2D eigenvalue weighted by Gasteiger charge is -2.34. The first-order chi connectivity index (χ1) is 10.1. The summed E-state index contributed by atoms with van der Waals surface area (Å²) in [4.78, 5) is 14.6. The Kier molecular flexibility index (Phi) is 3.55. The van der Waals surface area contributed by atoms with Crippen LogP contribution in [0, 0.1) is 5.92 Å². The molecule has 2 aromatic heterocycles. The Morgan fingerprint density at radius 2 is 2.33 bits per heavy atom. The highest BCUT2D eigenvalue weighted by atomic mass is 16.5. The van der Waals surface area contributed by atoms with Crippen molar-refractivity contribution in [3.63, 3.8) is 0 Å². The minimum Gasteiger partial charge on any atom is -0.399 e. The zero-order valence-electron chi connectivity index (χ0n) is 12.3. The van der Waals surface area contributed by atoms with Crippen molar-refractivity contribution in [3.8, 4) is 0 Å². The van der Waals surface area contributed by atoms with E-state index in [1.165, 1.54) is 0 Å². The van der Waals surface area contributed by atoms with Gasteiger partial charge in [0.1, 0.15) is 0 Å². The number of rotatable bonds is 2. The average Bonchev–Trinajstić information content (AvgIpc) is 2.89. The molecule has 21 heavy (non-hydrogen) atoms. The summed E-state index contributed by atoms with van der Waals surface area (Å²) in [7, 11) is 0. The number of hydrogen-bond acceptors (Lipinski definition) is 4. The molecular weight excluding hydrogens is 268 g/mol. The van der Waals surface area contributed by atoms with E-state index in [1.807, 2.05) is 4.90 Å². The van der Waals surface area contributed by atoms with Gasteiger partial charge in [0.25, 0.3) is 5.91 Å². The van der Waals surface area contributed by atoms with E-state index in [2.05, 4.69) is 18.9 Å². The summed E-state index contributed by atoms with van der Waals surface area (Å²) >= 11 is 0. The molecule has 3 heterocycles. The molecular formula is C15H20N4O2. The highest BCUT2D eigenvalue weighted by molar-refractivity contribution is 6.01. The molecule has 6 heteroatoms. The number of carbonyl (C=O) groups is 1. The van der Waals surface area contributed by atoms with Crippen molar-refractivity contribution in [1.29, 1.82) is 0 Å². The number of nitrogens with zero attached hydrogens (tertiary/aromatic N) is 3. The van der Waals surface area contributed by atoms with Crippen molar-refractivity contribution in [2.24, 2.45) is 5.92 Å². The van der Waals surface area contributed by atoms with Gasteiger partial charge in [-0.05, 0) is 18.1 Å². The third kappa shape index (κ3) is 2.58. The highest BCUT2D eigenvalue weighted by Gasteiger charge is 2.28. The molecule has 0 aliphatic carbocycles. The van der Waals surface area contributed by atoms with Crippen molar-refractivity contribution < 1.29 is 9.53 Å². The van der Waals surface area contributed by atoms with Gasteiger partial charge in [-0.1, -0.05) is 13.8 Å². The van der Waals surface area contributed by atoms with Gasteiger partial charge in [0.15, 0.2) is 0 Å². The molecule has 0 saturated carbocycles. The Morgan fingerprint density at radius 3 is 3.10 bits per heavy atom. The number of fused-ring (bicyclic) bond motifs is 1. The summed E-state index contributed by atoms with van der Waals surface area (Å²) in [5.41, 5.74) is 7.76. The molecule has 2 aromatic rings. The van der Waals surface area contributed by atoms with Gasteiger partial charge in [0.2, 0.25) is 0 Å². The summed E-state index contributed by atoms with van der Waals surface area (Å²) in [6, 6.07) is 3.54. The second kappa shape index (κ2) is 5.37. The monoisotopic (exact) mass is 288 g/mol. The van der Waals surface area contributed by atoms with Crippen LogP contribution in [0.1, 0.15) is 24.2 Å². The van der Waals surface area contributed by atoms with E-state index in [9.17, 15) is 4.79 Å². The predicted octanol–water partition coefficient (Wildman–Crippen LogP) is 1.41. The normalized spacial score (nSPS) is 19.4. The van der Waals surface area contributed by atoms with E-state index in [4.69, 9.17) is 10.5 Å². The van der Waals surface area contributed by atoms with Crippen LogP contribution in [0.15, 0.2) is 24.5 Å². The Morgan fingerprint density at radius 1 is 1.52 bits per heavy atom. The molecule has 0 spiro atoms. The zero-order chi connectivity index (χ0) is 15.0. The van der Waals surface area contributed by atoms with Gasteiger partial charge in [0, 0.05) is 25.0 Å². The maximum atomic E-state index is 12.7. The quantitative estimate of drug-likeness (QED) is 0.907. The van der Waals surface area contributed by atoms with Crippen LogP contribution >= 0.6 is 0 Å². The fourth-order valence-corrected chi connectivity index (χ4v) is 2.60. The second-order valence-electron chi connectivity index (χ2n) is 5.75. The summed E-state index contributed by atoms with van der Waals surface area (Å²) in [6.45, 7) is 6.02. The topological polar surface area (TPSA) is 72.9 Å². The first-order valence-electron chi connectivity index (χ1n) is 7.20. The maximum absolute atomic E-state index is 12.7. The molecule has 1 amide bonds. The van der Waals surface area contributed by atoms with Crippen LogP contribution in [0.5, 0.6) is 0 Å². The lowest BCUT2D eigenvalue weighted by molar-refractivity contribution is -0.0420. The molecule has 1 saturated heterocycles. The van der Waals surface area contributed by atoms with Crippen LogP contribution in [0.3, 0.4) is 0 Å². The summed E-state index contributed by atoms with van der Waals surface area (Å²) in [5, 5.41) is 4.21. The van der Waals surface area contributed by atoms with Crippen LogP contribution in [0.2, 0.25) is 0 Å². The largest absolute Gasteiger partial charge is 0.399 e. The molecule has 0 radical (unpaired) electrons. The van der Waals surface area contributed by atoms with Crippen molar-refractivity contribution in [1.82, 2.24) is 14.5 Å². The standard InChI is InChI=1S/C15H20N4O2/c1-10(2)14-9-18(5-6-21-14)15(20)12-8-17-19-4-3-11(16)7-13(12)19/h3-4,7-8,10,14H,5-6,9,16H2,1-2H3. The zero-order valence-corrected chi connectivity index (χ0v) is 12.3. The summed E-state index contributed by atoms with van der Waals surface area (Å²) in [6.07, 6.45) is 3.46. The third-order valence-corrected chi connectivity index (χ3v) is 3.90. The van der Waals surface area contributed by atoms with Crippen LogP contribution < -0.4 is 5.73 Å². The minimum atomic E-state index is -0.00968. The lowest BCUT2D eigenvalue weighted by atomic mass is 10.1.